The van der Waals surface area contributed by atoms with Crippen molar-refractivity contribution in [2.75, 3.05) is 11.5 Å². The Morgan fingerprint density at radius 3 is 2.24 bits per heavy atom. The minimum Gasteiger partial charge on any atom is -0.393 e. The van der Waals surface area contributed by atoms with Crippen LogP contribution in [0.25, 0.3) is 0 Å². The summed E-state index contributed by atoms with van der Waals surface area (Å²) in [4.78, 5) is 0. The summed E-state index contributed by atoms with van der Waals surface area (Å²) in [6.45, 7) is 2.31. The molecule has 1 saturated carbocycles. The molecular formula is C15H28OS. The van der Waals surface area contributed by atoms with Gasteiger partial charge in [0.25, 0.3) is 0 Å². The number of rotatable bonds is 4. The highest BCUT2D eigenvalue weighted by Crippen LogP contribution is 2.35. The van der Waals surface area contributed by atoms with Gasteiger partial charge < -0.3 is 5.11 Å². The van der Waals surface area contributed by atoms with Crippen LogP contribution in [0.2, 0.25) is 0 Å². The zero-order chi connectivity index (χ0) is 12.1. The van der Waals surface area contributed by atoms with Crippen LogP contribution in [0, 0.1) is 17.8 Å². The first-order valence-corrected chi connectivity index (χ1v) is 8.70. The standard InChI is InChI=1S/C15H28OS/c1-2-12-3-5-14(6-4-12)15(16)11-13-7-9-17-10-8-13/h12-16H,2-11H2,1H3. The number of aliphatic hydroxyl groups excluding tert-OH is 1. The van der Waals surface area contributed by atoms with Crippen molar-refractivity contribution in [3.05, 3.63) is 0 Å². The van der Waals surface area contributed by atoms with Crippen LogP contribution < -0.4 is 0 Å². The van der Waals surface area contributed by atoms with E-state index in [2.05, 4.69) is 18.7 Å². The molecule has 1 aliphatic heterocycles. The molecule has 0 bridgehead atoms. The Kier molecular flexibility index (Phi) is 5.68. The highest BCUT2D eigenvalue weighted by molar-refractivity contribution is 7.99. The van der Waals surface area contributed by atoms with E-state index in [9.17, 15) is 5.11 Å². The van der Waals surface area contributed by atoms with Crippen molar-refractivity contribution in [2.24, 2.45) is 17.8 Å². The van der Waals surface area contributed by atoms with Crippen LogP contribution in [0.1, 0.15) is 58.3 Å². The van der Waals surface area contributed by atoms with Crippen molar-refractivity contribution >= 4 is 11.8 Å². The monoisotopic (exact) mass is 256 g/mol. The fourth-order valence-corrected chi connectivity index (χ4v) is 4.70. The number of thioether (sulfide) groups is 1. The molecule has 0 spiro atoms. The normalized spacial score (nSPS) is 33.5. The fraction of sp³-hybridized carbons (Fsp3) is 1.00. The minimum absolute atomic E-state index is 0.000839. The quantitative estimate of drug-likeness (QED) is 0.817. The summed E-state index contributed by atoms with van der Waals surface area (Å²) in [6, 6.07) is 0. The summed E-state index contributed by atoms with van der Waals surface area (Å²) in [6.07, 6.45) is 10.4. The molecule has 0 aromatic rings. The summed E-state index contributed by atoms with van der Waals surface area (Å²) < 4.78 is 0. The second kappa shape index (κ2) is 7.04. The molecule has 1 heterocycles. The van der Waals surface area contributed by atoms with Gasteiger partial charge in [-0.15, -0.1) is 0 Å². The van der Waals surface area contributed by atoms with Crippen LogP contribution in [-0.2, 0) is 0 Å². The molecule has 17 heavy (non-hydrogen) atoms. The van der Waals surface area contributed by atoms with Crippen LogP contribution in [0.4, 0.5) is 0 Å². The molecule has 1 nitrogen and oxygen atoms in total. The molecule has 0 aromatic heterocycles. The van der Waals surface area contributed by atoms with Gasteiger partial charge in [-0.1, -0.05) is 26.2 Å². The molecule has 2 rings (SSSR count). The Labute approximate surface area is 111 Å². The lowest BCUT2D eigenvalue weighted by Gasteiger charge is -2.33. The number of aliphatic hydroxyl groups is 1. The lowest BCUT2D eigenvalue weighted by Crippen LogP contribution is -2.28. The van der Waals surface area contributed by atoms with Gasteiger partial charge in [-0.05, 0) is 61.4 Å². The predicted octanol–water partition coefficient (Wildman–Crippen LogP) is 4.10. The van der Waals surface area contributed by atoms with Gasteiger partial charge in [0.2, 0.25) is 0 Å². The first-order valence-electron chi connectivity index (χ1n) is 7.55. The Morgan fingerprint density at radius 1 is 1.00 bits per heavy atom. The molecule has 2 aliphatic rings. The molecule has 1 aliphatic carbocycles. The van der Waals surface area contributed by atoms with Gasteiger partial charge in [0.15, 0.2) is 0 Å². The molecule has 1 saturated heterocycles. The Balaban J connectivity index is 1.70. The molecule has 0 radical (unpaired) electrons. The van der Waals surface area contributed by atoms with E-state index in [1.807, 2.05) is 0 Å². The van der Waals surface area contributed by atoms with Crippen LogP contribution in [-0.4, -0.2) is 22.7 Å². The molecule has 2 fully saturated rings. The summed E-state index contributed by atoms with van der Waals surface area (Å²) >= 11 is 2.08. The summed E-state index contributed by atoms with van der Waals surface area (Å²) in [5.74, 6) is 5.02. The molecule has 1 N–H and O–H groups in total. The minimum atomic E-state index is 0.000839. The van der Waals surface area contributed by atoms with E-state index in [1.165, 1.54) is 56.5 Å². The first-order chi connectivity index (χ1) is 8.29. The molecule has 100 valence electrons. The zero-order valence-electron chi connectivity index (χ0n) is 11.2. The second-order valence-corrected chi connectivity index (χ2v) is 7.27. The molecule has 2 heteroatoms. The maximum absolute atomic E-state index is 10.4. The van der Waals surface area contributed by atoms with Crippen LogP contribution >= 0.6 is 11.8 Å². The van der Waals surface area contributed by atoms with Gasteiger partial charge in [0, 0.05) is 0 Å². The average molecular weight is 256 g/mol. The lowest BCUT2D eigenvalue weighted by molar-refractivity contribution is 0.0516. The van der Waals surface area contributed by atoms with E-state index in [-0.39, 0.29) is 6.10 Å². The van der Waals surface area contributed by atoms with Crippen LogP contribution in [0.3, 0.4) is 0 Å². The van der Waals surface area contributed by atoms with Gasteiger partial charge in [0.1, 0.15) is 0 Å². The summed E-state index contributed by atoms with van der Waals surface area (Å²) in [7, 11) is 0. The molecule has 1 atom stereocenters. The Morgan fingerprint density at radius 2 is 1.65 bits per heavy atom. The predicted molar refractivity (Wildman–Crippen MR) is 76.4 cm³/mol. The van der Waals surface area contributed by atoms with Gasteiger partial charge in [0.05, 0.1) is 6.10 Å². The van der Waals surface area contributed by atoms with Crippen molar-refractivity contribution in [2.45, 2.75) is 64.4 Å². The topological polar surface area (TPSA) is 20.2 Å². The third kappa shape index (κ3) is 4.17. The second-order valence-electron chi connectivity index (χ2n) is 6.05. The van der Waals surface area contributed by atoms with Gasteiger partial charge in [-0.3, -0.25) is 0 Å². The van der Waals surface area contributed by atoms with E-state index in [0.29, 0.717) is 5.92 Å². The largest absolute Gasteiger partial charge is 0.393 e. The molecule has 0 amide bonds. The van der Waals surface area contributed by atoms with Crippen molar-refractivity contribution in [1.29, 1.82) is 0 Å². The van der Waals surface area contributed by atoms with E-state index < -0.39 is 0 Å². The number of hydrogen-bond donors (Lipinski definition) is 1. The summed E-state index contributed by atoms with van der Waals surface area (Å²) in [5.41, 5.74) is 0. The lowest BCUT2D eigenvalue weighted by atomic mass is 9.76. The summed E-state index contributed by atoms with van der Waals surface area (Å²) in [5, 5.41) is 10.4. The van der Waals surface area contributed by atoms with Crippen molar-refractivity contribution in [1.82, 2.24) is 0 Å². The zero-order valence-corrected chi connectivity index (χ0v) is 12.1. The van der Waals surface area contributed by atoms with E-state index in [1.54, 1.807) is 0 Å². The van der Waals surface area contributed by atoms with Gasteiger partial charge in [-0.2, -0.15) is 11.8 Å². The smallest absolute Gasteiger partial charge is 0.0571 e. The molecular weight excluding hydrogens is 228 g/mol. The highest BCUT2D eigenvalue weighted by Gasteiger charge is 2.28. The van der Waals surface area contributed by atoms with Crippen molar-refractivity contribution < 1.29 is 5.11 Å². The molecule has 0 aromatic carbocycles. The SMILES string of the molecule is CCC1CCC(C(O)CC2CCSCC2)CC1. The fourth-order valence-electron chi connectivity index (χ4n) is 3.50. The number of hydrogen-bond acceptors (Lipinski definition) is 2. The third-order valence-corrected chi connectivity index (χ3v) is 5.98. The van der Waals surface area contributed by atoms with Crippen LogP contribution in [0.5, 0.6) is 0 Å². The maximum Gasteiger partial charge on any atom is 0.0571 e. The Hall–Kier alpha value is 0.310. The van der Waals surface area contributed by atoms with Crippen LogP contribution in [0.15, 0.2) is 0 Å². The van der Waals surface area contributed by atoms with Crippen molar-refractivity contribution in [3.63, 3.8) is 0 Å². The van der Waals surface area contributed by atoms with Gasteiger partial charge >= 0.3 is 0 Å². The van der Waals surface area contributed by atoms with E-state index >= 15 is 0 Å². The van der Waals surface area contributed by atoms with E-state index in [0.717, 1.165) is 18.3 Å². The average Bonchev–Trinajstić information content (AvgIpc) is 2.40. The Bertz CT molecular complexity index is 205. The van der Waals surface area contributed by atoms with Crippen molar-refractivity contribution in [3.8, 4) is 0 Å². The highest BCUT2D eigenvalue weighted by atomic mass is 32.2. The maximum atomic E-state index is 10.4. The van der Waals surface area contributed by atoms with E-state index in [4.69, 9.17) is 0 Å². The third-order valence-electron chi connectivity index (χ3n) is 4.93. The first kappa shape index (κ1) is 13.7. The molecule has 1 unspecified atom stereocenters. The van der Waals surface area contributed by atoms with Gasteiger partial charge in [-0.25, -0.2) is 0 Å².